The highest BCUT2D eigenvalue weighted by molar-refractivity contribution is 5.46. The first kappa shape index (κ1) is 13.9. The van der Waals surface area contributed by atoms with Crippen molar-refractivity contribution in [3.63, 3.8) is 0 Å². The summed E-state index contributed by atoms with van der Waals surface area (Å²) in [6, 6.07) is 8.37. The lowest BCUT2D eigenvalue weighted by Gasteiger charge is -2.37. The number of nitrogens with two attached hydrogens (primary N) is 1. The van der Waals surface area contributed by atoms with Gasteiger partial charge in [-0.05, 0) is 41.5 Å². The van der Waals surface area contributed by atoms with E-state index in [0.717, 1.165) is 12.1 Å². The maximum Gasteiger partial charge on any atom is 0.0314 e. The van der Waals surface area contributed by atoms with Gasteiger partial charge in [0.1, 0.15) is 0 Å². The summed E-state index contributed by atoms with van der Waals surface area (Å²) in [4.78, 5) is 0. The second kappa shape index (κ2) is 5.24. The van der Waals surface area contributed by atoms with Crippen LogP contribution in [-0.2, 0) is 5.41 Å². The number of anilines is 1. The van der Waals surface area contributed by atoms with Gasteiger partial charge in [-0.15, -0.1) is 0 Å². The van der Waals surface area contributed by atoms with Gasteiger partial charge in [-0.1, -0.05) is 58.1 Å². The molecule has 1 aliphatic rings. The minimum Gasteiger partial charge on any atom is -0.399 e. The molecule has 1 aliphatic carbocycles. The van der Waals surface area contributed by atoms with Crippen LogP contribution in [0.2, 0.25) is 0 Å². The molecule has 1 heteroatoms. The van der Waals surface area contributed by atoms with E-state index in [-0.39, 0.29) is 5.41 Å². The molecule has 2 N–H and O–H groups in total. The Bertz CT molecular complexity index is 491. The zero-order valence-corrected chi connectivity index (χ0v) is 12.5. The van der Waals surface area contributed by atoms with Crippen molar-refractivity contribution in [2.75, 3.05) is 5.73 Å². The summed E-state index contributed by atoms with van der Waals surface area (Å²) in [5, 5.41) is 0. The second-order valence-electron chi connectivity index (χ2n) is 6.21. The summed E-state index contributed by atoms with van der Waals surface area (Å²) in [6.45, 7) is 9.10. The molecule has 0 saturated carbocycles. The van der Waals surface area contributed by atoms with Gasteiger partial charge in [0.25, 0.3) is 0 Å². The predicted octanol–water partition coefficient (Wildman–Crippen LogP) is 4.70. The van der Waals surface area contributed by atoms with Crippen molar-refractivity contribution in [2.24, 2.45) is 11.8 Å². The van der Waals surface area contributed by atoms with Crippen LogP contribution in [0.15, 0.2) is 48.1 Å². The van der Waals surface area contributed by atoms with E-state index in [4.69, 9.17) is 5.73 Å². The Morgan fingerprint density at radius 3 is 2.11 bits per heavy atom. The Labute approximate surface area is 117 Å². The predicted molar refractivity (Wildman–Crippen MR) is 84.0 cm³/mol. The quantitative estimate of drug-likeness (QED) is 0.778. The van der Waals surface area contributed by atoms with Crippen molar-refractivity contribution in [2.45, 2.75) is 39.5 Å². The summed E-state index contributed by atoms with van der Waals surface area (Å²) in [5.74, 6) is 1.17. The van der Waals surface area contributed by atoms with Crippen LogP contribution in [0.5, 0.6) is 0 Å². The van der Waals surface area contributed by atoms with E-state index in [1.165, 1.54) is 11.1 Å². The molecule has 0 amide bonds. The molecule has 0 bridgehead atoms. The normalized spacial score (nSPS) is 22.9. The molecule has 0 saturated heterocycles. The lowest BCUT2D eigenvalue weighted by molar-refractivity contribution is 0.382. The highest BCUT2D eigenvalue weighted by Gasteiger charge is 2.33. The number of nitrogen functional groups attached to an aromatic ring is 1. The fourth-order valence-electron chi connectivity index (χ4n) is 2.86. The van der Waals surface area contributed by atoms with Crippen LogP contribution in [0.25, 0.3) is 0 Å². The van der Waals surface area contributed by atoms with Crippen molar-refractivity contribution in [3.05, 3.63) is 53.6 Å². The van der Waals surface area contributed by atoms with Gasteiger partial charge in [-0.3, -0.25) is 0 Å². The maximum atomic E-state index is 5.81. The van der Waals surface area contributed by atoms with Crippen LogP contribution in [0.1, 0.15) is 39.7 Å². The van der Waals surface area contributed by atoms with Gasteiger partial charge >= 0.3 is 0 Å². The molecule has 1 nitrogen and oxygen atoms in total. The fourth-order valence-corrected chi connectivity index (χ4v) is 2.86. The van der Waals surface area contributed by atoms with Crippen LogP contribution in [0.4, 0.5) is 5.69 Å². The Balaban J connectivity index is 2.38. The molecule has 19 heavy (non-hydrogen) atoms. The largest absolute Gasteiger partial charge is 0.399 e. The lowest BCUT2D eigenvalue weighted by Crippen LogP contribution is -2.31. The highest BCUT2D eigenvalue weighted by Crippen LogP contribution is 2.41. The van der Waals surface area contributed by atoms with E-state index in [0.29, 0.717) is 11.8 Å². The van der Waals surface area contributed by atoms with Crippen molar-refractivity contribution in [1.29, 1.82) is 0 Å². The third-order valence-electron chi connectivity index (χ3n) is 4.39. The number of hydrogen-bond donors (Lipinski definition) is 1. The monoisotopic (exact) mass is 255 g/mol. The molecule has 0 spiro atoms. The molecule has 102 valence electrons. The molecule has 0 radical (unpaired) electrons. The first-order chi connectivity index (χ1) is 8.95. The van der Waals surface area contributed by atoms with Crippen molar-refractivity contribution in [3.8, 4) is 0 Å². The molecule has 1 aromatic rings. The molecule has 0 aromatic heterocycles. The van der Waals surface area contributed by atoms with E-state index in [2.05, 4.69) is 58.1 Å². The van der Waals surface area contributed by atoms with Gasteiger partial charge in [-0.25, -0.2) is 0 Å². The smallest absolute Gasteiger partial charge is 0.0314 e. The molecule has 0 aliphatic heterocycles. The number of allylic oxidation sites excluding steroid dienone is 4. The number of rotatable bonds is 3. The van der Waals surface area contributed by atoms with Gasteiger partial charge in [-0.2, -0.15) is 0 Å². The molecule has 0 heterocycles. The lowest BCUT2D eigenvalue weighted by atomic mass is 9.66. The summed E-state index contributed by atoms with van der Waals surface area (Å²) >= 11 is 0. The van der Waals surface area contributed by atoms with Crippen LogP contribution in [-0.4, -0.2) is 0 Å². The summed E-state index contributed by atoms with van der Waals surface area (Å²) in [5.41, 5.74) is 9.58. The standard InChI is InChI=1S/C18H25N/c1-13(2)15-9-11-18(12-10-15,14(3)4)16-5-7-17(19)8-6-16/h5-11,13-14H,12,19H2,1-4H3. The first-order valence-electron chi connectivity index (χ1n) is 7.21. The zero-order valence-electron chi connectivity index (χ0n) is 12.5. The van der Waals surface area contributed by atoms with Crippen LogP contribution in [0.3, 0.4) is 0 Å². The second-order valence-corrected chi connectivity index (χ2v) is 6.21. The van der Waals surface area contributed by atoms with Crippen molar-refractivity contribution >= 4 is 5.69 Å². The third kappa shape index (κ3) is 2.60. The van der Waals surface area contributed by atoms with Gasteiger partial charge in [0.15, 0.2) is 0 Å². The number of hydrogen-bond acceptors (Lipinski definition) is 1. The summed E-state index contributed by atoms with van der Waals surface area (Å²) in [7, 11) is 0. The maximum absolute atomic E-state index is 5.81. The SMILES string of the molecule is CC(C)C1=CCC(c2ccc(N)cc2)(C(C)C)C=C1. The Morgan fingerprint density at radius 2 is 1.68 bits per heavy atom. The summed E-state index contributed by atoms with van der Waals surface area (Å²) < 4.78 is 0. The Kier molecular flexibility index (Phi) is 3.84. The van der Waals surface area contributed by atoms with Crippen LogP contribution in [0, 0.1) is 11.8 Å². The van der Waals surface area contributed by atoms with Crippen molar-refractivity contribution < 1.29 is 0 Å². The van der Waals surface area contributed by atoms with Gasteiger partial charge in [0.2, 0.25) is 0 Å². The van der Waals surface area contributed by atoms with E-state index in [1.54, 1.807) is 0 Å². The first-order valence-corrected chi connectivity index (χ1v) is 7.21. The van der Waals surface area contributed by atoms with E-state index < -0.39 is 0 Å². The minimum atomic E-state index is 0.117. The Hall–Kier alpha value is -1.50. The van der Waals surface area contributed by atoms with Gasteiger partial charge in [0.05, 0.1) is 0 Å². The van der Waals surface area contributed by atoms with Crippen LogP contribution >= 0.6 is 0 Å². The van der Waals surface area contributed by atoms with E-state index in [9.17, 15) is 0 Å². The molecule has 1 atom stereocenters. The number of benzene rings is 1. The van der Waals surface area contributed by atoms with Gasteiger partial charge in [0, 0.05) is 11.1 Å². The fraction of sp³-hybridized carbons (Fsp3) is 0.444. The highest BCUT2D eigenvalue weighted by atomic mass is 14.5. The van der Waals surface area contributed by atoms with Crippen LogP contribution < -0.4 is 5.73 Å². The molecular formula is C18H25N. The average Bonchev–Trinajstić information content (AvgIpc) is 2.39. The summed E-state index contributed by atoms with van der Waals surface area (Å²) in [6.07, 6.45) is 8.20. The molecule has 1 aromatic carbocycles. The molecule has 1 unspecified atom stereocenters. The molecule has 0 fully saturated rings. The Morgan fingerprint density at radius 1 is 1.05 bits per heavy atom. The minimum absolute atomic E-state index is 0.117. The molecular weight excluding hydrogens is 230 g/mol. The zero-order chi connectivity index (χ0) is 14.0. The third-order valence-corrected chi connectivity index (χ3v) is 4.39. The van der Waals surface area contributed by atoms with Crippen molar-refractivity contribution in [1.82, 2.24) is 0 Å². The van der Waals surface area contributed by atoms with Gasteiger partial charge < -0.3 is 5.73 Å². The van der Waals surface area contributed by atoms with E-state index in [1.807, 2.05) is 12.1 Å². The average molecular weight is 255 g/mol. The topological polar surface area (TPSA) is 26.0 Å². The molecule has 2 rings (SSSR count). The van der Waals surface area contributed by atoms with E-state index >= 15 is 0 Å².